The second-order valence-electron chi connectivity index (χ2n) is 3.45. The van der Waals surface area contributed by atoms with Crippen LogP contribution in [0.5, 0.6) is 0 Å². The third-order valence-corrected chi connectivity index (χ3v) is 2.89. The first-order valence-corrected chi connectivity index (χ1v) is 6.15. The first-order chi connectivity index (χ1) is 8.74. The molecule has 6 heteroatoms. The number of alkyl halides is 2. The smallest absolute Gasteiger partial charge is 0.288 e. The average Bonchev–Trinajstić information content (AvgIpc) is 2.38. The molecule has 3 nitrogen and oxygen atoms in total. The quantitative estimate of drug-likeness (QED) is 0.842. The molecule has 0 radical (unpaired) electrons. The highest BCUT2D eigenvalue weighted by atomic mass is 32.2. The van der Waals surface area contributed by atoms with Crippen LogP contribution in [0.4, 0.5) is 14.5 Å². The van der Waals surface area contributed by atoms with Crippen molar-refractivity contribution in [2.24, 2.45) is 0 Å². The minimum atomic E-state index is -2.39. The molecule has 0 aliphatic heterocycles. The number of rotatable bonds is 5. The molecule has 0 aliphatic rings. The number of hydrogen-bond acceptors (Lipinski definition) is 4. The van der Waals surface area contributed by atoms with Gasteiger partial charge in [-0.15, -0.1) is 0 Å². The van der Waals surface area contributed by atoms with Crippen molar-refractivity contribution < 1.29 is 8.78 Å². The van der Waals surface area contributed by atoms with Gasteiger partial charge in [0.25, 0.3) is 5.76 Å². The minimum Gasteiger partial charge on any atom is -0.379 e. The molecule has 0 fully saturated rings. The molecule has 0 unspecified atom stereocenters. The summed E-state index contributed by atoms with van der Waals surface area (Å²) in [6.07, 6.45) is 4.91. The van der Waals surface area contributed by atoms with Gasteiger partial charge in [-0.25, -0.2) is 0 Å². The minimum absolute atomic E-state index is 0.538. The van der Waals surface area contributed by atoms with E-state index in [-0.39, 0.29) is 0 Å². The second kappa shape index (κ2) is 6.30. The van der Waals surface area contributed by atoms with Gasteiger partial charge in [0, 0.05) is 23.0 Å². The Morgan fingerprint density at radius 2 is 1.94 bits per heavy atom. The molecule has 1 aromatic carbocycles. The first-order valence-electron chi connectivity index (χ1n) is 5.27. The van der Waals surface area contributed by atoms with Crippen molar-refractivity contribution in [3.05, 3.63) is 48.5 Å². The molecule has 2 aromatic rings. The topological polar surface area (TPSA) is 37.8 Å². The molecule has 0 aliphatic carbocycles. The van der Waals surface area contributed by atoms with Gasteiger partial charge < -0.3 is 5.32 Å². The van der Waals surface area contributed by atoms with Gasteiger partial charge in [0.1, 0.15) is 0 Å². The van der Waals surface area contributed by atoms with E-state index >= 15 is 0 Å². The monoisotopic (exact) mass is 267 g/mol. The van der Waals surface area contributed by atoms with Gasteiger partial charge in [-0.2, -0.15) is 8.78 Å². The summed E-state index contributed by atoms with van der Waals surface area (Å²) in [5.74, 6) is -2.39. The Morgan fingerprint density at radius 1 is 1.17 bits per heavy atom. The zero-order valence-electron chi connectivity index (χ0n) is 9.38. The fraction of sp³-hybridized carbons (Fsp3) is 0.167. The Labute approximate surface area is 108 Å². The van der Waals surface area contributed by atoms with E-state index in [9.17, 15) is 8.78 Å². The Bertz CT molecular complexity index is 476. The number of aromatic nitrogens is 2. The van der Waals surface area contributed by atoms with Gasteiger partial charge >= 0.3 is 0 Å². The van der Waals surface area contributed by atoms with Crippen LogP contribution in [0, 0.1) is 0 Å². The highest BCUT2D eigenvalue weighted by molar-refractivity contribution is 7.99. The van der Waals surface area contributed by atoms with Crippen molar-refractivity contribution in [3.8, 4) is 0 Å². The molecule has 1 N–H and O–H groups in total. The molecule has 0 saturated carbocycles. The SMILES string of the molecule is FC(F)Sc1ccc(NCc2cnccn2)cc1. The van der Waals surface area contributed by atoms with Crippen molar-refractivity contribution in [2.75, 3.05) is 5.32 Å². The predicted octanol–water partition coefficient (Wildman–Crippen LogP) is 3.40. The van der Waals surface area contributed by atoms with Crippen LogP contribution in [0.15, 0.2) is 47.8 Å². The fourth-order valence-electron chi connectivity index (χ4n) is 1.37. The van der Waals surface area contributed by atoms with Crippen LogP contribution in [0.1, 0.15) is 5.69 Å². The molecular weight excluding hydrogens is 256 g/mol. The summed E-state index contributed by atoms with van der Waals surface area (Å²) in [6.45, 7) is 0.551. The summed E-state index contributed by atoms with van der Waals surface area (Å²) in [4.78, 5) is 8.63. The first kappa shape index (κ1) is 12.8. The molecule has 0 saturated heterocycles. The van der Waals surface area contributed by atoms with Gasteiger partial charge in [-0.3, -0.25) is 9.97 Å². The number of nitrogens with one attached hydrogen (secondary N) is 1. The molecule has 0 bridgehead atoms. The zero-order chi connectivity index (χ0) is 12.8. The van der Waals surface area contributed by atoms with Crippen LogP contribution >= 0.6 is 11.8 Å². The van der Waals surface area contributed by atoms with Gasteiger partial charge in [0.15, 0.2) is 0 Å². The number of anilines is 1. The fourth-order valence-corrected chi connectivity index (χ4v) is 1.87. The third-order valence-electron chi connectivity index (χ3n) is 2.17. The highest BCUT2D eigenvalue weighted by Gasteiger charge is 2.04. The van der Waals surface area contributed by atoms with Gasteiger partial charge in [-0.1, -0.05) is 11.8 Å². The van der Waals surface area contributed by atoms with E-state index in [2.05, 4.69) is 15.3 Å². The van der Waals surface area contributed by atoms with E-state index in [0.717, 1.165) is 11.4 Å². The highest BCUT2D eigenvalue weighted by Crippen LogP contribution is 2.26. The Balaban J connectivity index is 1.90. The molecule has 18 heavy (non-hydrogen) atoms. The van der Waals surface area contributed by atoms with Crippen LogP contribution < -0.4 is 5.32 Å². The summed E-state index contributed by atoms with van der Waals surface area (Å²) in [5.41, 5.74) is 1.68. The van der Waals surface area contributed by atoms with Gasteiger partial charge in [0.05, 0.1) is 18.4 Å². The Kier molecular flexibility index (Phi) is 4.46. The zero-order valence-corrected chi connectivity index (χ0v) is 10.2. The van der Waals surface area contributed by atoms with E-state index in [1.54, 1.807) is 42.9 Å². The maximum absolute atomic E-state index is 12.1. The van der Waals surface area contributed by atoms with Crippen molar-refractivity contribution in [1.82, 2.24) is 9.97 Å². The summed E-state index contributed by atoms with van der Waals surface area (Å²) in [5, 5.41) is 3.14. The number of nitrogens with zero attached hydrogens (tertiary/aromatic N) is 2. The third kappa shape index (κ3) is 3.96. The number of thioether (sulfide) groups is 1. The largest absolute Gasteiger partial charge is 0.379 e. The van der Waals surface area contributed by atoms with E-state index < -0.39 is 5.76 Å². The lowest BCUT2D eigenvalue weighted by atomic mass is 10.3. The Morgan fingerprint density at radius 3 is 2.56 bits per heavy atom. The van der Waals surface area contributed by atoms with Crippen LogP contribution in [0.25, 0.3) is 0 Å². The molecule has 0 spiro atoms. The number of benzene rings is 1. The standard InChI is InChI=1S/C12H11F2N3S/c13-12(14)18-11-3-1-9(2-4-11)17-8-10-7-15-5-6-16-10/h1-7,12,17H,8H2. The van der Waals surface area contributed by atoms with Gasteiger partial charge in [-0.05, 0) is 24.3 Å². The summed E-state index contributed by atoms with van der Waals surface area (Å²) in [7, 11) is 0. The van der Waals surface area contributed by atoms with E-state index in [0.29, 0.717) is 23.2 Å². The summed E-state index contributed by atoms with van der Waals surface area (Å²) in [6, 6.07) is 6.85. The van der Waals surface area contributed by atoms with Gasteiger partial charge in [0.2, 0.25) is 0 Å². The van der Waals surface area contributed by atoms with E-state index in [4.69, 9.17) is 0 Å². The predicted molar refractivity (Wildman–Crippen MR) is 67.7 cm³/mol. The van der Waals surface area contributed by atoms with E-state index in [1.165, 1.54) is 0 Å². The second-order valence-corrected chi connectivity index (χ2v) is 4.52. The van der Waals surface area contributed by atoms with Crippen LogP contribution in [-0.2, 0) is 6.54 Å². The maximum atomic E-state index is 12.1. The maximum Gasteiger partial charge on any atom is 0.288 e. The lowest BCUT2D eigenvalue weighted by Gasteiger charge is -2.06. The lowest BCUT2D eigenvalue weighted by molar-refractivity contribution is 0.252. The number of halogens is 2. The molecule has 0 amide bonds. The lowest BCUT2D eigenvalue weighted by Crippen LogP contribution is -2.01. The van der Waals surface area contributed by atoms with Crippen molar-refractivity contribution in [1.29, 1.82) is 0 Å². The van der Waals surface area contributed by atoms with Crippen molar-refractivity contribution in [2.45, 2.75) is 17.2 Å². The van der Waals surface area contributed by atoms with Crippen LogP contribution in [-0.4, -0.2) is 15.7 Å². The van der Waals surface area contributed by atoms with Crippen LogP contribution in [0.3, 0.4) is 0 Å². The molecular formula is C12H11F2N3S. The molecule has 1 aromatic heterocycles. The average molecular weight is 267 g/mol. The number of hydrogen-bond donors (Lipinski definition) is 1. The molecule has 2 rings (SSSR count). The summed E-state index contributed by atoms with van der Waals surface area (Å²) < 4.78 is 24.2. The van der Waals surface area contributed by atoms with Crippen molar-refractivity contribution >= 4 is 17.4 Å². The van der Waals surface area contributed by atoms with Crippen molar-refractivity contribution in [3.63, 3.8) is 0 Å². The normalized spacial score (nSPS) is 10.6. The molecule has 94 valence electrons. The molecule has 1 heterocycles. The van der Waals surface area contributed by atoms with E-state index in [1.807, 2.05) is 0 Å². The van der Waals surface area contributed by atoms with Crippen LogP contribution in [0.2, 0.25) is 0 Å². The Hall–Kier alpha value is -1.69. The molecule has 0 atom stereocenters. The summed E-state index contributed by atoms with van der Waals surface area (Å²) >= 11 is 0.538.